The summed E-state index contributed by atoms with van der Waals surface area (Å²) in [6.07, 6.45) is 4.97. The van der Waals surface area contributed by atoms with Crippen LogP contribution in [-0.2, 0) is 16.1 Å². The van der Waals surface area contributed by atoms with Crippen LogP contribution in [0, 0.1) is 6.92 Å². The third-order valence-electron chi connectivity index (χ3n) is 3.40. The van der Waals surface area contributed by atoms with Crippen molar-refractivity contribution in [3.8, 4) is 0 Å². The van der Waals surface area contributed by atoms with Crippen molar-refractivity contribution in [3.05, 3.63) is 42.2 Å². The number of amides is 1. The molecule has 0 radical (unpaired) electrons. The van der Waals surface area contributed by atoms with E-state index in [4.69, 9.17) is 4.74 Å². The van der Waals surface area contributed by atoms with E-state index in [1.807, 2.05) is 13.0 Å². The smallest absolute Gasteiger partial charge is 0.244 e. The first-order chi connectivity index (χ1) is 10.2. The summed E-state index contributed by atoms with van der Waals surface area (Å²) in [6.45, 7) is 3.71. The predicted molar refractivity (Wildman–Crippen MR) is 74.3 cm³/mol. The van der Waals surface area contributed by atoms with Crippen LogP contribution in [-0.4, -0.2) is 50.3 Å². The second-order valence-corrected chi connectivity index (χ2v) is 4.93. The molecule has 7 nitrogen and oxygen atoms in total. The summed E-state index contributed by atoms with van der Waals surface area (Å²) >= 11 is 0. The van der Waals surface area contributed by atoms with Gasteiger partial charge in [0.1, 0.15) is 18.5 Å². The number of rotatable bonds is 3. The fourth-order valence-corrected chi connectivity index (χ4v) is 2.34. The Morgan fingerprint density at radius 1 is 1.48 bits per heavy atom. The maximum Gasteiger partial charge on any atom is 0.244 e. The fourth-order valence-electron chi connectivity index (χ4n) is 2.34. The molecule has 1 aliphatic heterocycles. The number of ether oxygens (including phenoxy) is 1. The first-order valence-electron chi connectivity index (χ1n) is 6.89. The molecule has 1 saturated heterocycles. The van der Waals surface area contributed by atoms with Crippen LogP contribution in [0.4, 0.5) is 0 Å². The Bertz CT molecular complexity index is 614. The number of hydrogen-bond acceptors (Lipinski definition) is 5. The highest BCUT2D eigenvalue weighted by molar-refractivity contribution is 5.76. The highest BCUT2D eigenvalue weighted by Gasteiger charge is 2.26. The van der Waals surface area contributed by atoms with Gasteiger partial charge in [0, 0.05) is 25.1 Å². The van der Waals surface area contributed by atoms with Gasteiger partial charge in [-0.25, -0.2) is 9.97 Å². The number of carbonyl (C=O) groups is 1. The summed E-state index contributed by atoms with van der Waals surface area (Å²) in [7, 11) is 0. The Labute approximate surface area is 122 Å². The van der Waals surface area contributed by atoms with E-state index in [1.165, 1.54) is 0 Å². The van der Waals surface area contributed by atoms with E-state index in [9.17, 15) is 4.79 Å². The van der Waals surface area contributed by atoms with E-state index in [2.05, 4.69) is 15.1 Å². The molecule has 7 heteroatoms. The third kappa shape index (κ3) is 3.25. The zero-order valence-electron chi connectivity index (χ0n) is 11.8. The second kappa shape index (κ2) is 6.01. The Hall–Kier alpha value is -2.28. The lowest BCUT2D eigenvalue weighted by Crippen LogP contribution is -2.43. The maximum absolute atomic E-state index is 12.3. The molecule has 3 rings (SSSR count). The monoisotopic (exact) mass is 287 g/mol. The minimum Gasteiger partial charge on any atom is -0.368 e. The summed E-state index contributed by atoms with van der Waals surface area (Å²) in [6, 6.07) is 3.64. The van der Waals surface area contributed by atoms with Crippen LogP contribution in [0.25, 0.3) is 0 Å². The van der Waals surface area contributed by atoms with Gasteiger partial charge in [0.15, 0.2) is 0 Å². The highest BCUT2D eigenvalue weighted by atomic mass is 16.5. The van der Waals surface area contributed by atoms with Gasteiger partial charge < -0.3 is 9.64 Å². The lowest BCUT2D eigenvalue weighted by atomic mass is 10.2. The van der Waals surface area contributed by atoms with Crippen LogP contribution in [0.5, 0.6) is 0 Å². The van der Waals surface area contributed by atoms with Crippen LogP contribution in [0.15, 0.2) is 30.7 Å². The molecule has 0 aliphatic carbocycles. The molecule has 0 N–H and O–H groups in total. The van der Waals surface area contributed by atoms with Gasteiger partial charge in [0.2, 0.25) is 5.91 Å². The van der Waals surface area contributed by atoms with Crippen molar-refractivity contribution in [3.63, 3.8) is 0 Å². The summed E-state index contributed by atoms with van der Waals surface area (Å²) in [4.78, 5) is 22.5. The van der Waals surface area contributed by atoms with Gasteiger partial charge in [-0.15, -0.1) is 0 Å². The van der Waals surface area contributed by atoms with E-state index in [0.717, 1.165) is 5.69 Å². The van der Waals surface area contributed by atoms with Gasteiger partial charge in [-0.3, -0.25) is 9.48 Å². The van der Waals surface area contributed by atoms with Crippen LogP contribution in [0.3, 0.4) is 0 Å². The van der Waals surface area contributed by atoms with E-state index in [0.29, 0.717) is 25.5 Å². The highest BCUT2D eigenvalue weighted by Crippen LogP contribution is 2.20. The zero-order valence-corrected chi connectivity index (χ0v) is 11.8. The molecule has 0 spiro atoms. The first-order valence-corrected chi connectivity index (χ1v) is 6.89. The standard InChI is InChI=1S/C14H17N5O2/c1-11-15-5-3-12(17-11)13-9-18(7-8-21-13)14(20)10-19-6-2-4-16-19/h2-6,13H,7-10H2,1H3/t13-/m0/s1. The minimum absolute atomic E-state index is 0.0396. The molecular formula is C14H17N5O2. The van der Waals surface area contributed by atoms with Gasteiger partial charge in [-0.05, 0) is 19.1 Å². The number of nitrogens with zero attached hydrogens (tertiary/aromatic N) is 5. The molecule has 0 aromatic carbocycles. The van der Waals surface area contributed by atoms with Gasteiger partial charge in [-0.1, -0.05) is 0 Å². The van der Waals surface area contributed by atoms with Gasteiger partial charge >= 0.3 is 0 Å². The number of aromatic nitrogens is 4. The van der Waals surface area contributed by atoms with Crippen molar-refractivity contribution in [1.29, 1.82) is 0 Å². The van der Waals surface area contributed by atoms with Gasteiger partial charge in [0.25, 0.3) is 0 Å². The molecule has 2 aromatic rings. The molecule has 1 amide bonds. The summed E-state index contributed by atoms with van der Waals surface area (Å²) < 4.78 is 7.35. The summed E-state index contributed by atoms with van der Waals surface area (Å²) in [5.74, 6) is 0.744. The molecule has 1 fully saturated rings. The number of hydrogen-bond donors (Lipinski definition) is 0. The largest absolute Gasteiger partial charge is 0.368 e. The minimum atomic E-state index is -0.193. The Morgan fingerprint density at radius 3 is 3.14 bits per heavy atom. The van der Waals surface area contributed by atoms with Crippen molar-refractivity contribution >= 4 is 5.91 Å². The summed E-state index contributed by atoms with van der Waals surface area (Å²) in [5.41, 5.74) is 0.819. The van der Waals surface area contributed by atoms with E-state index in [-0.39, 0.29) is 18.6 Å². The Kier molecular flexibility index (Phi) is 3.92. The second-order valence-electron chi connectivity index (χ2n) is 4.93. The predicted octanol–water partition coefficient (Wildman–Crippen LogP) is 0.582. The molecule has 1 atom stereocenters. The third-order valence-corrected chi connectivity index (χ3v) is 3.40. The number of morpholine rings is 1. The average molecular weight is 287 g/mol. The van der Waals surface area contributed by atoms with E-state index >= 15 is 0 Å². The molecule has 110 valence electrons. The molecular weight excluding hydrogens is 270 g/mol. The van der Waals surface area contributed by atoms with Crippen LogP contribution < -0.4 is 0 Å². The zero-order chi connectivity index (χ0) is 14.7. The average Bonchev–Trinajstić information content (AvgIpc) is 3.00. The van der Waals surface area contributed by atoms with Crippen molar-refractivity contribution in [2.24, 2.45) is 0 Å². The van der Waals surface area contributed by atoms with Crippen molar-refractivity contribution in [2.45, 2.75) is 19.6 Å². The van der Waals surface area contributed by atoms with Gasteiger partial charge in [-0.2, -0.15) is 5.10 Å². The molecule has 3 heterocycles. The van der Waals surface area contributed by atoms with Crippen LogP contribution in [0.2, 0.25) is 0 Å². The topological polar surface area (TPSA) is 73.1 Å². The Morgan fingerprint density at radius 2 is 2.38 bits per heavy atom. The van der Waals surface area contributed by atoms with Crippen molar-refractivity contribution in [2.75, 3.05) is 19.7 Å². The van der Waals surface area contributed by atoms with Crippen molar-refractivity contribution < 1.29 is 9.53 Å². The lowest BCUT2D eigenvalue weighted by molar-refractivity contribution is -0.140. The van der Waals surface area contributed by atoms with Crippen molar-refractivity contribution in [1.82, 2.24) is 24.6 Å². The number of aryl methyl sites for hydroxylation is 1. The van der Waals surface area contributed by atoms with Crippen LogP contribution >= 0.6 is 0 Å². The molecule has 0 unspecified atom stereocenters. The van der Waals surface area contributed by atoms with E-state index in [1.54, 1.807) is 34.2 Å². The molecule has 21 heavy (non-hydrogen) atoms. The molecule has 1 aliphatic rings. The SMILES string of the molecule is Cc1nccc([C@@H]2CN(C(=O)Cn3cccn3)CCO2)n1. The van der Waals surface area contributed by atoms with E-state index < -0.39 is 0 Å². The quantitative estimate of drug-likeness (QED) is 0.825. The van der Waals surface area contributed by atoms with Crippen LogP contribution in [0.1, 0.15) is 17.6 Å². The first kappa shape index (κ1) is 13.7. The molecule has 0 bridgehead atoms. The van der Waals surface area contributed by atoms with Gasteiger partial charge in [0.05, 0.1) is 18.8 Å². The fraction of sp³-hybridized carbons (Fsp3) is 0.429. The normalized spacial score (nSPS) is 18.7. The maximum atomic E-state index is 12.3. The summed E-state index contributed by atoms with van der Waals surface area (Å²) in [5, 5.41) is 4.06. The molecule has 2 aromatic heterocycles. The number of carbonyl (C=O) groups excluding carboxylic acids is 1. The Balaban J connectivity index is 1.66. The molecule has 0 saturated carbocycles. The lowest BCUT2D eigenvalue weighted by Gasteiger charge is -2.32.